The molecule has 0 saturated heterocycles. The summed E-state index contributed by atoms with van der Waals surface area (Å²) in [7, 11) is 0. The zero-order valence-electron chi connectivity index (χ0n) is 10.00. The molecule has 3 rings (SSSR count). The van der Waals surface area contributed by atoms with Gasteiger partial charge in [-0.1, -0.05) is 0 Å². The van der Waals surface area contributed by atoms with E-state index in [1.54, 1.807) is 0 Å². The number of carbonyl (C=O) groups excluding carboxylic acids is 1. The molecule has 0 aliphatic heterocycles. The minimum atomic E-state index is -0.887. The smallest absolute Gasteiger partial charge is 0.315 e. The highest BCUT2D eigenvalue weighted by Gasteiger charge is 2.41. The summed E-state index contributed by atoms with van der Waals surface area (Å²) in [5, 5.41) is 14.1. The molecule has 2 amide bonds. The normalized spacial score (nSPS) is 30.9. The fourth-order valence-electron chi connectivity index (χ4n) is 3.00. The summed E-state index contributed by atoms with van der Waals surface area (Å²) in [6, 6.07) is -0.216. The Balaban J connectivity index is 1.75. The number of carbonyl (C=O) groups is 2. The molecule has 0 unspecified atom stereocenters. The summed E-state index contributed by atoms with van der Waals surface area (Å²) < 4.78 is 0. The van der Waals surface area contributed by atoms with Crippen molar-refractivity contribution in [3.8, 4) is 0 Å². The van der Waals surface area contributed by atoms with Gasteiger partial charge in [0.1, 0.15) is 0 Å². The maximum absolute atomic E-state index is 11.7. The van der Waals surface area contributed by atoms with E-state index in [0.717, 1.165) is 25.2 Å². The van der Waals surface area contributed by atoms with Gasteiger partial charge in [0.05, 0.1) is 6.42 Å². The van der Waals surface area contributed by atoms with Gasteiger partial charge in [0, 0.05) is 12.1 Å². The van der Waals surface area contributed by atoms with Crippen LogP contribution in [0.1, 0.15) is 44.9 Å². The molecule has 5 nitrogen and oxygen atoms in total. The number of amides is 2. The van der Waals surface area contributed by atoms with Crippen LogP contribution < -0.4 is 10.6 Å². The third-order valence-electron chi connectivity index (χ3n) is 4.10. The van der Waals surface area contributed by atoms with Gasteiger partial charge < -0.3 is 15.7 Å². The predicted molar refractivity (Wildman–Crippen MR) is 62.7 cm³/mol. The highest BCUT2D eigenvalue weighted by Crippen LogP contribution is 2.43. The monoisotopic (exact) mass is 240 g/mol. The van der Waals surface area contributed by atoms with Crippen molar-refractivity contribution in [1.29, 1.82) is 0 Å². The van der Waals surface area contributed by atoms with Crippen molar-refractivity contribution in [3.05, 3.63) is 0 Å². The van der Waals surface area contributed by atoms with E-state index in [2.05, 4.69) is 10.6 Å². The molecule has 0 heterocycles. The van der Waals surface area contributed by atoms with E-state index < -0.39 is 5.97 Å². The second-order valence-corrected chi connectivity index (χ2v) is 5.29. The average molecular weight is 240 g/mol. The van der Waals surface area contributed by atoms with Crippen molar-refractivity contribution in [2.45, 2.75) is 50.5 Å². The third-order valence-corrected chi connectivity index (χ3v) is 4.10. The summed E-state index contributed by atoms with van der Waals surface area (Å²) in [6.45, 7) is 0.194. The SMILES string of the molecule is O=C(O)CCNC(=O)NC12CCC(CC1)CC2. The highest BCUT2D eigenvalue weighted by atomic mass is 16.4. The molecule has 0 aromatic heterocycles. The Labute approximate surface area is 101 Å². The van der Waals surface area contributed by atoms with E-state index in [1.807, 2.05) is 0 Å². The Morgan fingerprint density at radius 2 is 1.76 bits per heavy atom. The Hall–Kier alpha value is -1.26. The first kappa shape index (κ1) is 12.2. The topological polar surface area (TPSA) is 78.4 Å². The number of carboxylic acid groups (broad SMARTS) is 1. The van der Waals surface area contributed by atoms with Crippen LogP contribution in [-0.2, 0) is 4.79 Å². The summed E-state index contributed by atoms with van der Waals surface area (Å²) in [5.74, 6) is -0.0182. The number of hydrogen-bond acceptors (Lipinski definition) is 2. The quantitative estimate of drug-likeness (QED) is 0.696. The molecular weight excluding hydrogens is 220 g/mol. The van der Waals surface area contributed by atoms with Gasteiger partial charge in [0.25, 0.3) is 0 Å². The minimum absolute atomic E-state index is 0.0118. The zero-order chi connectivity index (χ0) is 12.3. The van der Waals surface area contributed by atoms with Crippen molar-refractivity contribution in [2.75, 3.05) is 6.54 Å². The second-order valence-electron chi connectivity index (χ2n) is 5.29. The number of nitrogens with one attached hydrogen (secondary N) is 2. The Bertz CT molecular complexity index is 295. The van der Waals surface area contributed by atoms with E-state index in [0.29, 0.717) is 0 Å². The Kier molecular flexibility index (Phi) is 3.54. The van der Waals surface area contributed by atoms with Gasteiger partial charge >= 0.3 is 12.0 Å². The lowest BCUT2D eigenvalue weighted by molar-refractivity contribution is -0.136. The maximum atomic E-state index is 11.7. The van der Waals surface area contributed by atoms with Gasteiger partial charge in [-0.3, -0.25) is 4.79 Å². The van der Waals surface area contributed by atoms with Crippen LogP contribution >= 0.6 is 0 Å². The van der Waals surface area contributed by atoms with Crippen LogP contribution in [0.5, 0.6) is 0 Å². The van der Waals surface area contributed by atoms with Crippen molar-refractivity contribution < 1.29 is 14.7 Å². The number of fused-ring (bicyclic) bond motifs is 3. The number of aliphatic carboxylic acids is 1. The first-order valence-electron chi connectivity index (χ1n) is 6.37. The molecular formula is C12H20N2O3. The van der Waals surface area contributed by atoms with E-state index in [9.17, 15) is 9.59 Å². The number of hydrogen-bond donors (Lipinski definition) is 3. The van der Waals surface area contributed by atoms with Crippen molar-refractivity contribution >= 4 is 12.0 Å². The predicted octanol–water partition coefficient (Wildman–Crippen LogP) is 1.48. The van der Waals surface area contributed by atoms with E-state index >= 15 is 0 Å². The fraction of sp³-hybridized carbons (Fsp3) is 0.833. The van der Waals surface area contributed by atoms with Crippen LogP contribution in [0.2, 0.25) is 0 Å². The van der Waals surface area contributed by atoms with Gasteiger partial charge in [-0.2, -0.15) is 0 Å². The summed E-state index contributed by atoms with van der Waals surface area (Å²) in [6.07, 6.45) is 6.85. The average Bonchev–Trinajstić information content (AvgIpc) is 2.30. The van der Waals surface area contributed by atoms with Crippen LogP contribution in [-0.4, -0.2) is 29.2 Å². The Morgan fingerprint density at radius 1 is 1.18 bits per heavy atom. The fourth-order valence-corrected chi connectivity index (χ4v) is 3.00. The molecule has 0 spiro atoms. The molecule has 96 valence electrons. The molecule has 0 atom stereocenters. The molecule has 3 aliphatic rings. The van der Waals surface area contributed by atoms with Crippen molar-refractivity contribution in [2.24, 2.45) is 5.92 Å². The maximum Gasteiger partial charge on any atom is 0.315 e. The van der Waals surface area contributed by atoms with Crippen molar-refractivity contribution in [1.82, 2.24) is 10.6 Å². The summed E-state index contributed by atoms with van der Waals surface area (Å²) in [4.78, 5) is 22.0. The van der Waals surface area contributed by atoms with Crippen molar-refractivity contribution in [3.63, 3.8) is 0 Å². The Morgan fingerprint density at radius 3 is 2.29 bits per heavy atom. The molecule has 3 fully saturated rings. The zero-order valence-corrected chi connectivity index (χ0v) is 10.00. The lowest BCUT2D eigenvalue weighted by Crippen LogP contribution is -2.56. The van der Waals surface area contributed by atoms with Gasteiger partial charge in [0.15, 0.2) is 0 Å². The largest absolute Gasteiger partial charge is 0.481 e. The van der Waals surface area contributed by atoms with Crippen LogP contribution in [0.4, 0.5) is 4.79 Å². The molecule has 5 heteroatoms. The van der Waals surface area contributed by atoms with Gasteiger partial charge in [-0.25, -0.2) is 4.79 Å². The van der Waals surface area contributed by atoms with Crippen LogP contribution in [0.15, 0.2) is 0 Å². The number of rotatable bonds is 4. The summed E-state index contributed by atoms with van der Waals surface area (Å²) in [5.41, 5.74) is -0.0118. The molecule has 2 bridgehead atoms. The third kappa shape index (κ3) is 3.11. The molecule has 3 aliphatic carbocycles. The van der Waals surface area contributed by atoms with E-state index in [1.165, 1.54) is 19.3 Å². The number of urea groups is 1. The van der Waals surface area contributed by atoms with Crippen LogP contribution in [0.25, 0.3) is 0 Å². The molecule has 0 radical (unpaired) electrons. The molecule has 0 aromatic rings. The standard InChI is InChI=1S/C12H20N2O3/c15-10(16)4-8-13-11(17)14-12-5-1-9(2-6-12)3-7-12/h9H,1-8H2,(H,15,16)(H2,13,14,17). The van der Waals surface area contributed by atoms with Gasteiger partial charge in [-0.05, 0) is 44.4 Å². The van der Waals surface area contributed by atoms with Gasteiger partial charge in [-0.15, -0.1) is 0 Å². The molecule has 0 aromatic carbocycles. The van der Waals surface area contributed by atoms with Gasteiger partial charge in [0.2, 0.25) is 0 Å². The van der Waals surface area contributed by atoms with Crippen LogP contribution in [0, 0.1) is 5.92 Å². The highest BCUT2D eigenvalue weighted by molar-refractivity contribution is 5.75. The molecule has 3 N–H and O–H groups in total. The first-order chi connectivity index (χ1) is 8.10. The molecule has 3 saturated carbocycles. The number of carboxylic acids is 1. The lowest BCUT2D eigenvalue weighted by atomic mass is 9.66. The first-order valence-corrected chi connectivity index (χ1v) is 6.37. The van der Waals surface area contributed by atoms with E-state index in [4.69, 9.17) is 5.11 Å². The second kappa shape index (κ2) is 4.94. The minimum Gasteiger partial charge on any atom is -0.481 e. The summed E-state index contributed by atoms with van der Waals surface area (Å²) >= 11 is 0. The lowest BCUT2D eigenvalue weighted by Gasteiger charge is -2.46. The molecule has 17 heavy (non-hydrogen) atoms. The van der Waals surface area contributed by atoms with E-state index in [-0.39, 0.29) is 24.5 Å². The van der Waals surface area contributed by atoms with Crippen LogP contribution in [0.3, 0.4) is 0 Å².